The summed E-state index contributed by atoms with van der Waals surface area (Å²) in [6.45, 7) is 0. The molecule has 0 radical (unpaired) electrons. The van der Waals surface area contributed by atoms with Crippen LogP contribution in [-0.4, -0.2) is 10.8 Å². The van der Waals surface area contributed by atoms with E-state index in [1.165, 1.54) is 12.8 Å². The van der Waals surface area contributed by atoms with Crippen molar-refractivity contribution in [2.24, 2.45) is 5.92 Å². The Morgan fingerprint density at radius 3 is 2.88 bits per heavy atom. The van der Waals surface area contributed by atoms with Crippen LogP contribution >= 0.6 is 0 Å². The highest BCUT2D eigenvalue weighted by Crippen LogP contribution is 2.34. The summed E-state index contributed by atoms with van der Waals surface area (Å²) < 4.78 is 0. The summed E-state index contributed by atoms with van der Waals surface area (Å²) in [5, 5.41) is 0.982. The predicted octanol–water partition coefficient (Wildman–Crippen LogP) is 3.61. The number of carbonyl (C=O) groups excluding carboxylic acids is 1. The average Bonchev–Trinajstić information content (AvgIpc) is 3.19. The molecule has 2 heteroatoms. The molecule has 1 fully saturated rings. The van der Waals surface area contributed by atoms with E-state index in [9.17, 15) is 4.79 Å². The molecule has 86 valence electrons. The number of nitrogens with zero attached hydrogens (tertiary/aromatic N) is 1. The second kappa shape index (κ2) is 4.28. The second-order valence-corrected chi connectivity index (χ2v) is 4.78. The third-order valence-corrected chi connectivity index (χ3v) is 3.43. The largest absolute Gasteiger partial charge is 0.294 e. The van der Waals surface area contributed by atoms with Gasteiger partial charge in [0, 0.05) is 23.6 Å². The van der Waals surface area contributed by atoms with Crippen LogP contribution < -0.4 is 0 Å². The van der Waals surface area contributed by atoms with Gasteiger partial charge in [0.25, 0.3) is 0 Å². The molecular weight excluding hydrogens is 210 g/mol. The highest BCUT2D eigenvalue weighted by Gasteiger charge is 2.22. The van der Waals surface area contributed by atoms with Gasteiger partial charge in [0.05, 0.1) is 5.52 Å². The number of pyridine rings is 1. The van der Waals surface area contributed by atoms with Crippen LogP contribution in [0.3, 0.4) is 0 Å². The number of aromatic nitrogens is 1. The molecule has 2 aromatic rings. The summed E-state index contributed by atoms with van der Waals surface area (Å²) >= 11 is 0. The molecule has 1 saturated carbocycles. The summed E-state index contributed by atoms with van der Waals surface area (Å²) in [5.74, 6) is 1.07. The van der Waals surface area contributed by atoms with Crippen molar-refractivity contribution in [3.63, 3.8) is 0 Å². The Morgan fingerprint density at radius 2 is 2.06 bits per heavy atom. The number of ketones is 1. The van der Waals surface area contributed by atoms with Crippen molar-refractivity contribution in [3.8, 4) is 0 Å². The highest BCUT2D eigenvalue weighted by atomic mass is 16.1. The summed E-state index contributed by atoms with van der Waals surface area (Å²) in [4.78, 5) is 16.4. The molecule has 1 aliphatic carbocycles. The minimum Gasteiger partial charge on any atom is -0.294 e. The van der Waals surface area contributed by atoms with Crippen molar-refractivity contribution in [3.05, 3.63) is 42.1 Å². The van der Waals surface area contributed by atoms with E-state index in [-0.39, 0.29) is 5.78 Å². The van der Waals surface area contributed by atoms with E-state index in [2.05, 4.69) is 4.98 Å². The lowest BCUT2D eigenvalue weighted by Crippen LogP contribution is -2.01. The smallest absolute Gasteiger partial charge is 0.163 e. The fourth-order valence-electron chi connectivity index (χ4n) is 2.22. The molecule has 1 aromatic heterocycles. The molecular formula is C15H15NO. The first-order chi connectivity index (χ1) is 8.34. The van der Waals surface area contributed by atoms with Crippen molar-refractivity contribution in [1.82, 2.24) is 4.98 Å². The number of hydrogen-bond donors (Lipinski definition) is 0. The number of hydrogen-bond acceptors (Lipinski definition) is 2. The zero-order valence-corrected chi connectivity index (χ0v) is 9.73. The Labute approximate surface area is 101 Å². The molecule has 1 aliphatic rings. The molecule has 0 unspecified atom stereocenters. The minimum absolute atomic E-state index is 0.260. The SMILES string of the molecule is O=C(CCC1CC1)c1ccnc2ccccc12. The van der Waals surface area contributed by atoms with Gasteiger partial charge in [-0.2, -0.15) is 0 Å². The van der Waals surface area contributed by atoms with E-state index >= 15 is 0 Å². The zero-order valence-electron chi connectivity index (χ0n) is 9.73. The Hall–Kier alpha value is -1.70. The van der Waals surface area contributed by atoms with Gasteiger partial charge >= 0.3 is 0 Å². The van der Waals surface area contributed by atoms with Crippen LogP contribution in [0.1, 0.15) is 36.0 Å². The third-order valence-electron chi connectivity index (χ3n) is 3.43. The van der Waals surface area contributed by atoms with Crippen molar-refractivity contribution in [2.45, 2.75) is 25.7 Å². The van der Waals surface area contributed by atoms with Gasteiger partial charge in [-0.25, -0.2) is 0 Å². The lowest BCUT2D eigenvalue weighted by molar-refractivity contribution is 0.0979. The molecule has 3 rings (SSSR count). The van der Waals surface area contributed by atoms with E-state index in [1.807, 2.05) is 30.3 Å². The molecule has 1 aromatic carbocycles. The molecule has 17 heavy (non-hydrogen) atoms. The van der Waals surface area contributed by atoms with Gasteiger partial charge in [0.15, 0.2) is 5.78 Å². The van der Waals surface area contributed by atoms with E-state index < -0.39 is 0 Å². The standard InChI is InChI=1S/C15H15NO/c17-15(8-7-11-5-6-11)13-9-10-16-14-4-2-1-3-12(13)14/h1-4,9-11H,5-8H2. The van der Waals surface area contributed by atoms with Crippen molar-refractivity contribution >= 4 is 16.7 Å². The highest BCUT2D eigenvalue weighted by molar-refractivity contribution is 6.07. The predicted molar refractivity (Wildman–Crippen MR) is 68.0 cm³/mol. The van der Waals surface area contributed by atoms with Crippen LogP contribution in [0.15, 0.2) is 36.5 Å². The van der Waals surface area contributed by atoms with E-state index in [4.69, 9.17) is 0 Å². The van der Waals surface area contributed by atoms with Crippen LogP contribution in [0.25, 0.3) is 10.9 Å². The monoisotopic (exact) mass is 225 g/mol. The zero-order chi connectivity index (χ0) is 11.7. The summed E-state index contributed by atoms with van der Waals surface area (Å²) in [5.41, 5.74) is 1.74. The Kier molecular flexibility index (Phi) is 2.63. The number of rotatable bonds is 4. The van der Waals surface area contributed by atoms with Crippen LogP contribution in [0.2, 0.25) is 0 Å². The minimum atomic E-state index is 0.260. The molecule has 0 saturated heterocycles. The molecule has 0 amide bonds. The topological polar surface area (TPSA) is 30.0 Å². The average molecular weight is 225 g/mol. The van der Waals surface area contributed by atoms with Crippen LogP contribution in [0, 0.1) is 5.92 Å². The maximum atomic E-state index is 12.2. The molecule has 2 nitrogen and oxygen atoms in total. The Morgan fingerprint density at radius 1 is 1.24 bits per heavy atom. The lowest BCUT2D eigenvalue weighted by Gasteiger charge is -2.04. The van der Waals surface area contributed by atoms with Gasteiger partial charge in [-0.3, -0.25) is 9.78 Å². The molecule has 1 heterocycles. The van der Waals surface area contributed by atoms with Gasteiger partial charge in [0.1, 0.15) is 0 Å². The summed E-state index contributed by atoms with van der Waals surface area (Å²) in [6, 6.07) is 9.69. The second-order valence-electron chi connectivity index (χ2n) is 4.78. The van der Waals surface area contributed by atoms with Crippen LogP contribution in [-0.2, 0) is 0 Å². The molecule has 0 atom stereocenters. The summed E-state index contributed by atoms with van der Waals surface area (Å²) in [7, 11) is 0. The fourth-order valence-corrected chi connectivity index (χ4v) is 2.22. The number of carbonyl (C=O) groups is 1. The third kappa shape index (κ3) is 2.21. The number of fused-ring (bicyclic) bond motifs is 1. The maximum Gasteiger partial charge on any atom is 0.163 e. The van der Waals surface area contributed by atoms with E-state index in [0.717, 1.165) is 28.8 Å². The fraction of sp³-hybridized carbons (Fsp3) is 0.333. The van der Waals surface area contributed by atoms with Gasteiger partial charge in [0.2, 0.25) is 0 Å². The van der Waals surface area contributed by atoms with E-state index in [1.54, 1.807) is 6.20 Å². The van der Waals surface area contributed by atoms with Crippen molar-refractivity contribution in [2.75, 3.05) is 0 Å². The maximum absolute atomic E-state index is 12.2. The first-order valence-corrected chi connectivity index (χ1v) is 6.21. The van der Waals surface area contributed by atoms with Crippen molar-refractivity contribution < 1.29 is 4.79 Å². The van der Waals surface area contributed by atoms with Crippen molar-refractivity contribution in [1.29, 1.82) is 0 Å². The Bertz CT molecular complexity index is 552. The molecule has 0 aliphatic heterocycles. The van der Waals surface area contributed by atoms with Gasteiger partial charge in [-0.05, 0) is 24.5 Å². The molecule has 0 N–H and O–H groups in total. The van der Waals surface area contributed by atoms with Gasteiger partial charge < -0.3 is 0 Å². The first kappa shape index (κ1) is 10.5. The molecule has 0 spiro atoms. The number of Topliss-reactive ketones (excluding diaryl/α,β-unsaturated/α-hetero) is 1. The Balaban J connectivity index is 1.89. The molecule has 0 bridgehead atoms. The van der Waals surface area contributed by atoms with Crippen LogP contribution in [0.5, 0.6) is 0 Å². The normalized spacial score (nSPS) is 15.1. The van der Waals surface area contributed by atoms with E-state index in [0.29, 0.717) is 6.42 Å². The summed E-state index contributed by atoms with van der Waals surface area (Å²) in [6.07, 6.45) is 6.08. The first-order valence-electron chi connectivity index (χ1n) is 6.21. The number of benzene rings is 1. The number of para-hydroxylation sites is 1. The van der Waals surface area contributed by atoms with Gasteiger partial charge in [-0.15, -0.1) is 0 Å². The lowest BCUT2D eigenvalue weighted by atomic mass is 10.0. The van der Waals surface area contributed by atoms with Crippen LogP contribution in [0.4, 0.5) is 0 Å². The van der Waals surface area contributed by atoms with Gasteiger partial charge in [-0.1, -0.05) is 31.0 Å². The quantitative estimate of drug-likeness (QED) is 0.744.